The minimum atomic E-state index is 0.570. The first-order chi connectivity index (χ1) is 12.1. The fourth-order valence-electron chi connectivity index (χ4n) is 3.24. The number of benzene rings is 1. The van der Waals surface area contributed by atoms with E-state index < -0.39 is 0 Å². The van der Waals surface area contributed by atoms with E-state index in [1.807, 2.05) is 16.6 Å². The molecule has 0 aliphatic carbocycles. The third-order valence-corrected chi connectivity index (χ3v) is 5.31. The first-order valence-electron chi connectivity index (χ1n) is 8.89. The molecule has 2 heterocycles. The summed E-state index contributed by atoms with van der Waals surface area (Å²) in [6, 6.07) is 12.4. The molecular weight excluding hydrogens is 353 g/mol. The summed E-state index contributed by atoms with van der Waals surface area (Å²) in [5.74, 6) is 0. The van der Waals surface area contributed by atoms with E-state index in [1.54, 1.807) is 6.07 Å². The summed E-state index contributed by atoms with van der Waals surface area (Å²) in [6.07, 6.45) is 3.18. The first-order valence-corrected chi connectivity index (χ1v) is 9.65. The summed E-state index contributed by atoms with van der Waals surface area (Å²) in [7, 11) is 0. The van der Waals surface area contributed by atoms with E-state index in [1.165, 1.54) is 5.69 Å². The number of nitrogens with zero attached hydrogens (tertiary/aromatic N) is 2. The molecule has 3 aromatic rings. The second-order valence-electron chi connectivity index (χ2n) is 6.29. The third-order valence-electron chi connectivity index (χ3n) is 4.77. The molecule has 0 radical (unpaired) electrons. The highest BCUT2D eigenvalue weighted by Gasteiger charge is 2.21. The van der Waals surface area contributed by atoms with Crippen molar-refractivity contribution < 1.29 is 5.32 Å². The van der Waals surface area contributed by atoms with Gasteiger partial charge in [0.05, 0.1) is 16.8 Å². The molecule has 2 aromatic heterocycles. The van der Waals surface area contributed by atoms with Crippen LogP contribution in [0.3, 0.4) is 0 Å². The van der Waals surface area contributed by atoms with Gasteiger partial charge in [-0.3, -0.25) is 0 Å². The number of aryl methyl sites for hydroxylation is 1. The molecule has 5 heteroatoms. The van der Waals surface area contributed by atoms with Crippen molar-refractivity contribution in [2.45, 2.75) is 46.1 Å². The van der Waals surface area contributed by atoms with Gasteiger partial charge in [0.25, 0.3) is 0 Å². The minimum Gasteiger partial charge on any atom is -0.308 e. The van der Waals surface area contributed by atoms with Crippen LogP contribution in [0.25, 0.3) is 16.8 Å². The lowest BCUT2D eigenvalue weighted by Gasteiger charge is -2.11. The summed E-state index contributed by atoms with van der Waals surface area (Å²) in [6.45, 7) is 6.63. The number of hydrogen-bond acceptors (Lipinski definition) is 1. The zero-order chi connectivity index (χ0) is 18.0. The number of halogens is 2. The maximum atomic E-state index is 6.44. The average Bonchev–Trinajstić information content (AvgIpc) is 2.97. The summed E-state index contributed by atoms with van der Waals surface area (Å²) < 4.78 is 2.02. The normalized spacial score (nSPS) is 11.6. The van der Waals surface area contributed by atoms with Crippen molar-refractivity contribution in [3.8, 4) is 11.3 Å². The molecule has 0 fully saturated rings. The highest BCUT2D eigenvalue weighted by atomic mass is 35.5. The molecule has 3 nitrogen and oxygen atoms in total. The molecule has 25 heavy (non-hydrogen) atoms. The Labute approximate surface area is 159 Å². The van der Waals surface area contributed by atoms with Crippen LogP contribution in [-0.2, 0) is 6.42 Å². The van der Waals surface area contributed by atoms with Crippen LogP contribution in [0.5, 0.6) is 0 Å². The van der Waals surface area contributed by atoms with Crippen LogP contribution in [0.2, 0.25) is 10.0 Å². The van der Waals surface area contributed by atoms with Crippen LogP contribution in [-0.4, -0.2) is 15.7 Å². The predicted molar refractivity (Wildman–Crippen MR) is 106 cm³/mol. The van der Waals surface area contributed by atoms with Gasteiger partial charge >= 0.3 is 0 Å². The fourth-order valence-corrected chi connectivity index (χ4v) is 3.74. The minimum absolute atomic E-state index is 0.570. The number of pyridine rings is 1. The van der Waals surface area contributed by atoms with Crippen molar-refractivity contribution in [3.05, 3.63) is 52.1 Å². The molecule has 0 spiro atoms. The van der Waals surface area contributed by atoms with Gasteiger partial charge in [0.2, 0.25) is 0 Å². The van der Waals surface area contributed by atoms with E-state index in [9.17, 15) is 0 Å². The van der Waals surface area contributed by atoms with E-state index in [4.69, 9.17) is 28.3 Å². The van der Waals surface area contributed by atoms with Crippen molar-refractivity contribution in [2.24, 2.45) is 0 Å². The second-order valence-corrected chi connectivity index (χ2v) is 7.13. The van der Waals surface area contributed by atoms with E-state index in [2.05, 4.69) is 44.3 Å². The fraction of sp³-hybridized carbons (Fsp3) is 0.350. The lowest BCUT2D eigenvalue weighted by Crippen LogP contribution is -2.84. The molecule has 0 bridgehead atoms. The quantitative estimate of drug-likeness (QED) is 0.625. The lowest BCUT2D eigenvalue weighted by molar-refractivity contribution is -0.610. The van der Waals surface area contributed by atoms with Crippen LogP contribution in [0.1, 0.15) is 39.3 Å². The van der Waals surface area contributed by atoms with Crippen molar-refractivity contribution in [1.82, 2.24) is 9.61 Å². The Morgan fingerprint density at radius 3 is 2.48 bits per heavy atom. The van der Waals surface area contributed by atoms with Gasteiger partial charge in [-0.15, -0.1) is 0 Å². The third kappa shape index (κ3) is 3.55. The van der Waals surface area contributed by atoms with Crippen LogP contribution < -0.4 is 5.32 Å². The van der Waals surface area contributed by atoms with E-state index in [0.717, 1.165) is 41.7 Å². The summed E-state index contributed by atoms with van der Waals surface area (Å²) >= 11 is 12.5. The SMILES string of the molecule is CCc1nn2c(-c3ccc(Cl)cc3Cl)cccc2c1[NH2+]C(CC)CC. The van der Waals surface area contributed by atoms with Gasteiger partial charge in [0.1, 0.15) is 11.2 Å². The van der Waals surface area contributed by atoms with Crippen LogP contribution in [0.15, 0.2) is 36.4 Å². The molecule has 1 aromatic carbocycles. The van der Waals surface area contributed by atoms with Crippen molar-refractivity contribution in [2.75, 3.05) is 0 Å². The van der Waals surface area contributed by atoms with Crippen molar-refractivity contribution in [1.29, 1.82) is 0 Å². The Morgan fingerprint density at radius 2 is 1.84 bits per heavy atom. The maximum absolute atomic E-state index is 6.44. The Kier molecular flexibility index (Phi) is 5.67. The van der Waals surface area contributed by atoms with Crippen LogP contribution >= 0.6 is 23.2 Å². The lowest BCUT2D eigenvalue weighted by atomic mass is 10.1. The largest absolute Gasteiger partial charge is 0.308 e. The van der Waals surface area contributed by atoms with E-state index in [-0.39, 0.29) is 0 Å². The van der Waals surface area contributed by atoms with Gasteiger partial charge in [-0.1, -0.05) is 50.0 Å². The molecule has 0 atom stereocenters. The van der Waals surface area contributed by atoms with Gasteiger partial charge in [-0.05, 0) is 49.6 Å². The average molecular weight is 377 g/mol. The number of fused-ring (bicyclic) bond motifs is 1. The molecule has 0 aliphatic rings. The molecule has 0 amide bonds. The number of hydrogen-bond donors (Lipinski definition) is 1. The van der Waals surface area contributed by atoms with Gasteiger partial charge in [0.15, 0.2) is 5.69 Å². The molecular formula is C20H24Cl2N3+. The van der Waals surface area contributed by atoms with Gasteiger partial charge in [0, 0.05) is 10.6 Å². The van der Waals surface area contributed by atoms with Crippen molar-refractivity contribution >= 4 is 34.4 Å². The molecule has 2 N–H and O–H groups in total. The number of quaternary nitrogens is 1. The zero-order valence-electron chi connectivity index (χ0n) is 14.9. The monoisotopic (exact) mass is 376 g/mol. The second kappa shape index (κ2) is 7.77. The highest BCUT2D eigenvalue weighted by Crippen LogP contribution is 2.32. The molecule has 132 valence electrons. The number of aromatic nitrogens is 2. The Bertz CT molecular complexity index is 882. The zero-order valence-corrected chi connectivity index (χ0v) is 16.4. The predicted octanol–water partition coefficient (Wildman–Crippen LogP) is 5.25. The van der Waals surface area contributed by atoms with Crippen molar-refractivity contribution in [3.63, 3.8) is 0 Å². The summed E-state index contributed by atoms with van der Waals surface area (Å²) in [5, 5.41) is 8.55. The molecule has 0 saturated heterocycles. The number of rotatable bonds is 6. The summed E-state index contributed by atoms with van der Waals surface area (Å²) in [4.78, 5) is 0. The van der Waals surface area contributed by atoms with Crippen LogP contribution in [0.4, 0.5) is 5.69 Å². The topological polar surface area (TPSA) is 33.9 Å². The van der Waals surface area contributed by atoms with Gasteiger partial charge < -0.3 is 5.32 Å². The van der Waals surface area contributed by atoms with Gasteiger partial charge in [-0.2, -0.15) is 5.10 Å². The molecule has 0 saturated carbocycles. The standard InChI is InChI=1S/C20H23Cl2N3/c1-4-14(5-2)23-20-17(6-3)24-25-18(8-7-9-19(20)25)15-11-10-13(21)12-16(15)22/h7-12,14,23H,4-6H2,1-3H3/p+1. The summed E-state index contributed by atoms with van der Waals surface area (Å²) in [5.41, 5.74) is 5.44. The molecule has 0 unspecified atom stereocenters. The molecule has 3 rings (SSSR count). The Morgan fingerprint density at radius 1 is 1.08 bits per heavy atom. The molecule has 0 aliphatic heterocycles. The van der Waals surface area contributed by atoms with E-state index >= 15 is 0 Å². The van der Waals surface area contributed by atoms with E-state index in [0.29, 0.717) is 16.1 Å². The number of nitrogens with two attached hydrogens (primary N) is 1. The van der Waals surface area contributed by atoms with Gasteiger partial charge in [-0.25, -0.2) is 4.52 Å². The Balaban J connectivity index is 2.18. The highest BCUT2D eigenvalue weighted by molar-refractivity contribution is 6.36. The first kappa shape index (κ1) is 18.2. The maximum Gasteiger partial charge on any atom is 0.179 e. The van der Waals surface area contributed by atoms with Crippen LogP contribution in [0, 0.1) is 0 Å². The smallest absolute Gasteiger partial charge is 0.179 e. The Hall–Kier alpha value is -1.55.